The van der Waals surface area contributed by atoms with Gasteiger partial charge in [-0.25, -0.2) is 0 Å². The number of aromatic amines is 1. The Morgan fingerprint density at radius 1 is 0.889 bits per heavy atom. The first-order valence-electron chi connectivity index (χ1n) is 8.10. The maximum atomic E-state index is 13.0. The van der Waals surface area contributed by atoms with Crippen LogP contribution in [0.2, 0.25) is 0 Å². The third kappa shape index (κ3) is 3.35. The van der Waals surface area contributed by atoms with Crippen molar-refractivity contribution >= 4 is 17.5 Å². The number of ether oxygens (including phenoxy) is 2. The van der Waals surface area contributed by atoms with Crippen LogP contribution in [0.15, 0.2) is 48.5 Å². The summed E-state index contributed by atoms with van der Waals surface area (Å²) in [5.41, 5.74) is 13.1. The number of rotatable bonds is 6. The van der Waals surface area contributed by atoms with Crippen LogP contribution in [-0.4, -0.2) is 30.9 Å². The maximum absolute atomic E-state index is 13.0. The number of methoxy groups -OCH3 is 2. The molecule has 3 rings (SSSR count). The average molecular weight is 365 g/mol. The fraction of sp³-hybridized carbons (Fsp3) is 0.100. The number of carbonyl (C=O) groups excluding carboxylic acids is 2. The number of hydrogen-bond acceptors (Lipinski definition) is 5. The highest BCUT2D eigenvalue weighted by atomic mass is 16.5. The van der Waals surface area contributed by atoms with E-state index in [9.17, 15) is 9.59 Å². The second kappa shape index (κ2) is 7.25. The molecular weight excluding hydrogens is 346 g/mol. The molecule has 0 radical (unpaired) electrons. The number of nitrogen functional groups attached to an aromatic ring is 1. The Labute approximate surface area is 155 Å². The molecule has 1 heterocycles. The van der Waals surface area contributed by atoms with Gasteiger partial charge >= 0.3 is 0 Å². The fourth-order valence-electron chi connectivity index (χ4n) is 2.88. The number of anilines is 1. The number of benzene rings is 2. The lowest BCUT2D eigenvalue weighted by Crippen LogP contribution is -2.13. The first-order chi connectivity index (χ1) is 13.0. The molecule has 0 saturated carbocycles. The van der Waals surface area contributed by atoms with E-state index in [-0.39, 0.29) is 22.9 Å². The highest BCUT2D eigenvalue weighted by Gasteiger charge is 2.26. The van der Waals surface area contributed by atoms with Gasteiger partial charge in [0.25, 0.3) is 5.91 Å². The molecule has 138 valence electrons. The minimum Gasteiger partial charge on any atom is -0.497 e. The van der Waals surface area contributed by atoms with E-state index in [2.05, 4.69) is 4.98 Å². The van der Waals surface area contributed by atoms with E-state index in [1.54, 1.807) is 62.8 Å². The zero-order valence-electron chi connectivity index (χ0n) is 14.9. The van der Waals surface area contributed by atoms with Crippen LogP contribution < -0.4 is 20.9 Å². The highest BCUT2D eigenvalue weighted by Crippen LogP contribution is 2.34. The maximum Gasteiger partial charge on any atom is 0.253 e. The van der Waals surface area contributed by atoms with Crippen LogP contribution in [0, 0.1) is 0 Å². The highest BCUT2D eigenvalue weighted by molar-refractivity contribution is 6.17. The summed E-state index contributed by atoms with van der Waals surface area (Å²) in [4.78, 5) is 27.8. The molecule has 7 nitrogen and oxygen atoms in total. The van der Waals surface area contributed by atoms with Crippen molar-refractivity contribution in [3.8, 4) is 22.6 Å². The van der Waals surface area contributed by atoms with Crippen LogP contribution >= 0.6 is 0 Å². The minimum atomic E-state index is -0.719. The molecular formula is C20H19N3O4. The first-order valence-corrected chi connectivity index (χ1v) is 8.10. The van der Waals surface area contributed by atoms with Crippen LogP contribution in [-0.2, 0) is 0 Å². The summed E-state index contributed by atoms with van der Waals surface area (Å²) in [5, 5.41) is 0. The van der Waals surface area contributed by atoms with E-state index >= 15 is 0 Å². The molecule has 2 aromatic carbocycles. The molecule has 0 atom stereocenters. The number of nitrogens with one attached hydrogen (secondary N) is 1. The van der Waals surface area contributed by atoms with Gasteiger partial charge in [-0.15, -0.1) is 0 Å². The van der Waals surface area contributed by atoms with Crippen LogP contribution in [0.3, 0.4) is 0 Å². The number of amides is 1. The minimum absolute atomic E-state index is 0.0465. The van der Waals surface area contributed by atoms with Crippen LogP contribution in [0.1, 0.15) is 26.4 Å². The Balaban J connectivity index is 2.15. The quantitative estimate of drug-likeness (QED) is 0.580. The normalized spacial score (nSPS) is 10.4. The van der Waals surface area contributed by atoms with Gasteiger partial charge in [0.05, 0.1) is 25.5 Å². The van der Waals surface area contributed by atoms with E-state index in [4.69, 9.17) is 20.9 Å². The molecule has 0 aliphatic rings. The lowest BCUT2D eigenvalue weighted by atomic mass is 9.96. The molecule has 0 aliphatic carbocycles. The number of H-pyrrole nitrogens is 1. The van der Waals surface area contributed by atoms with Gasteiger partial charge in [0, 0.05) is 11.1 Å². The van der Waals surface area contributed by atoms with E-state index in [0.717, 1.165) is 0 Å². The Kier molecular flexibility index (Phi) is 4.85. The zero-order chi connectivity index (χ0) is 19.6. The van der Waals surface area contributed by atoms with E-state index in [1.165, 1.54) is 0 Å². The number of ketones is 1. The van der Waals surface area contributed by atoms with Crippen molar-refractivity contribution in [2.75, 3.05) is 20.0 Å². The molecule has 0 aliphatic heterocycles. The predicted octanol–water partition coefficient (Wildman–Crippen LogP) is 2.61. The Bertz CT molecular complexity index is 989. The average Bonchev–Trinajstić information content (AvgIpc) is 3.05. The summed E-state index contributed by atoms with van der Waals surface area (Å²) in [5.74, 6) is 0.285. The standard InChI is InChI=1S/C20H19N3O4/c1-26-13-7-3-11(4-8-13)15-16(20(22)25)19(21)23-17(15)18(24)12-5-9-14(27-2)10-6-12/h3-10,23H,21H2,1-2H3,(H2,22,25). The lowest BCUT2D eigenvalue weighted by Gasteiger charge is -2.08. The summed E-state index contributed by atoms with van der Waals surface area (Å²) >= 11 is 0. The summed E-state index contributed by atoms with van der Waals surface area (Å²) in [7, 11) is 3.10. The van der Waals surface area contributed by atoms with Gasteiger partial charge in [0.1, 0.15) is 17.3 Å². The second-order valence-electron chi connectivity index (χ2n) is 5.81. The summed E-state index contributed by atoms with van der Waals surface area (Å²) in [6.07, 6.45) is 0. The Morgan fingerprint density at radius 2 is 1.41 bits per heavy atom. The SMILES string of the molecule is COc1ccc(C(=O)c2[nH]c(N)c(C(N)=O)c2-c2ccc(OC)cc2)cc1. The van der Waals surface area contributed by atoms with Crippen LogP contribution in [0.25, 0.3) is 11.1 Å². The van der Waals surface area contributed by atoms with Crippen molar-refractivity contribution in [2.45, 2.75) is 0 Å². The molecule has 0 spiro atoms. The molecule has 3 aromatic rings. The van der Waals surface area contributed by atoms with Gasteiger partial charge in [0.15, 0.2) is 0 Å². The largest absolute Gasteiger partial charge is 0.497 e. The molecule has 7 heteroatoms. The third-order valence-electron chi connectivity index (χ3n) is 4.23. The van der Waals surface area contributed by atoms with Gasteiger partial charge in [-0.05, 0) is 42.0 Å². The summed E-state index contributed by atoms with van der Waals surface area (Å²) in [6, 6.07) is 13.6. The van der Waals surface area contributed by atoms with Crippen molar-refractivity contribution in [1.82, 2.24) is 4.98 Å². The monoisotopic (exact) mass is 365 g/mol. The molecule has 27 heavy (non-hydrogen) atoms. The summed E-state index contributed by atoms with van der Waals surface area (Å²) < 4.78 is 10.3. The number of nitrogens with two attached hydrogens (primary N) is 2. The van der Waals surface area contributed by atoms with Gasteiger partial charge in [-0.3, -0.25) is 9.59 Å². The smallest absolute Gasteiger partial charge is 0.253 e. The third-order valence-corrected chi connectivity index (χ3v) is 4.23. The zero-order valence-corrected chi connectivity index (χ0v) is 14.9. The predicted molar refractivity (Wildman–Crippen MR) is 102 cm³/mol. The Morgan fingerprint density at radius 3 is 1.89 bits per heavy atom. The van der Waals surface area contributed by atoms with E-state index in [0.29, 0.717) is 28.2 Å². The number of hydrogen-bond donors (Lipinski definition) is 3. The van der Waals surface area contributed by atoms with Crippen molar-refractivity contribution in [2.24, 2.45) is 5.73 Å². The van der Waals surface area contributed by atoms with Crippen LogP contribution in [0.5, 0.6) is 11.5 Å². The van der Waals surface area contributed by atoms with Gasteiger partial charge in [-0.1, -0.05) is 12.1 Å². The molecule has 5 N–H and O–H groups in total. The topological polar surface area (TPSA) is 120 Å². The molecule has 0 saturated heterocycles. The molecule has 1 amide bonds. The fourth-order valence-corrected chi connectivity index (χ4v) is 2.88. The van der Waals surface area contributed by atoms with Gasteiger partial charge < -0.3 is 25.9 Å². The van der Waals surface area contributed by atoms with E-state index < -0.39 is 5.91 Å². The second-order valence-corrected chi connectivity index (χ2v) is 5.81. The van der Waals surface area contributed by atoms with Crippen molar-refractivity contribution in [3.05, 3.63) is 65.4 Å². The molecule has 0 fully saturated rings. The van der Waals surface area contributed by atoms with Crippen molar-refractivity contribution in [1.29, 1.82) is 0 Å². The summed E-state index contributed by atoms with van der Waals surface area (Å²) in [6.45, 7) is 0. The lowest BCUT2D eigenvalue weighted by molar-refractivity contribution is 0.100. The van der Waals surface area contributed by atoms with Crippen molar-refractivity contribution in [3.63, 3.8) is 0 Å². The Hall–Kier alpha value is -3.74. The van der Waals surface area contributed by atoms with Crippen molar-refractivity contribution < 1.29 is 19.1 Å². The molecule has 0 unspecified atom stereocenters. The first kappa shape index (κ1) is 18.1. The van der Waals surface area contributed by atoms with Gasteiger partial charge in [-0.2, -0.15) is 0 Å². The number of primary amides is 1. The van der Waals surface area contributed by atoms with Gasteiger partial charge in [0.2, 0.25) is 5.78 Å². The van der Waals surface area contributed by atoms with E-state index in [1.807, 2.05) is 0 Å². The molecule has 0 bridgehead atoms. The molecule has 1 aromatic heterocycles. The van der Waals surface area contributed by atoms with Crippen LogP contribution in [0.4, 0.5) is 5.82 Å². The number of aromatic nitrogens is 1. The number of carbonyl (C=O) groups is 2.